The number of terminal acetylenes is 1. The van der Waals surface area contributed by atoms with Crippen molar-refractivity contribution in [2.75, 3.05) is 18.4 Å². The van der Waals surface area contributed by atoms with Crippen LogP contribution < -0.4 is 10.6 Å². The van der Waals surface area contributed by atoms with Gasteiger partial charge in [-0.2, -0.15) is 0 Å². The molecule has 17 heavy (non-hydrogen) atoms. The van der Waals surface area contributed by atoms with Crippen molar-refractivity contribution in [3.8, 4) is 18.1 Å². The smallest absolute Gasteiger partial charge is 0.238 e. The standard InChI is InChI=1S/C13H16N2O2/c1-4-5-14-8-13(17)15-11-6-10(3)12(16)7-9(11)2/h1,6-7,14,16H,5,8H2,2-3H3,(H,15,17). The Morgan fingerprint density at radius 3 is 2.76 bits per heavy atom. The summed E-state index contributed by atoms with van der Waals surface area (Å²) < 4.78 is 0. The number of hydrogen-bond donors (Lipinski definition) is 3. The lowest BCUT2D eigenvalue weighted by Crippen LogP contribution is -2.28. The molecule has 1 amide bonds. The van der Waals surface area contributed by atoms with Gasteiger partial charge < -0.3 is 10.4 Å². The SMILES string of the molecule is C#CCNCC(=O)Nc1cc(C)c(O)cc1C. The van der Waals surface area contributed by atoms with E-state index in [1.165, 1.54) is 0 Å². The Kier molecular flexibility index (Phi) is 4.56. The highest BCUT2D eigenvalue weighted by molar-refractivity contribution is 5.93. The van der Waals surface area contributed by atoms with Gasteiger partial charge in [-0.25, -0.2) is 0 Å². The molecule has 0 unspecified atom stereocenters. The van der Waals surface area contributed by atoms with E-state index >= 15 is 0 Å². The average molecular weight is 232 g/mol. The molecule has 3 N–H and O–H groups in total. The molecule has 0 bridgehead atoms. The molecule has 0 heterocycles. The summed E-state index contributed by atoms with van der Waals surface area (Å²) in [6.45, 7) is 4.13. The van der Waals surface area contributed by atoms with Crippen LogP contribution in [0.2, 0.25) is 0 Å². The zero-order chi connectivity index (χ0) is 12.8. The number of phenolic OH excluding ortho intramolecular Hbond substituents is 1. The minimum Gasteiger partial charge on any atom is -0.508 e. The van der Waals surface area contributed by atoms with Crippen LogP contribution in [0, 0.1) is 26.2 Å². The van der Waals surface area contributed by atoms with Gasteiger partial charge in [0.2, 0.25) is 5.91 Å². The summed E-state index contributed by atoms with van der Waals surface area (Å²) in [6, 6.07) is 3.36. The highest BCUT2D eigenvalue weighted by Gasteiger charge is 2.06. The van der Waals surface area contributed by atoms with Crippen molar-refractivity contribution in [3.05, 3.63) is 23.3 Å². The number of amides is 1. The molecule has 1 aromatic carbocycles. The van der Waals surface area contributed by atoms with Crippen molar-refractivity contribution in [3.63, 3.8) is 0 Å². The number of rotatable bonds is 4. The van der Waals surface area contributed by atoms with E-state index in [9.17, 15) is 9.90 Å². The Hall–Kier alpha value is -1.99. The molecular formula is C13H16N2O2. The molecule has 0 spiro atoms. The second-order valence-electron chi connectivity index (χ2n) is 3.81. The van der Waals surface area contributed by atoms with E-state index in [1.807, 2.05) is 6.92 Å². The van der Waals surface area contributed by atoms with E-state index in [4.69, 9.17) is 6.42 Å². The van der Waals surface area contributed by atoms with Gasteiger partial charge in [0.25, 0.3) is 0 Å². The van der Waals surface area contributed by atoms with E-state index in [1.54, 1.807) is 19.1 Å². The fourth-order valence-corrected chi connectivity index (χ4v) is 1.38. The third kappa shape index (κ3) is 3.82. The molecule has 0 fully saturated rings. The number of anilines is 1. The summed E-state index contributed by atoms with van der Waals surface area (Å²) in [5.41, 5.74) is 2.24. The summed E-state index contributed by atoms with van der Waals surface area (Å²) in [4.78, 5) is 11.5. The number of aryl methyl sites for hydroxylation is 2. The first kappa shape index (κ1) is 13.1. The van der Waals surface area contributed by atoms with E-state index in [2.05, 4.69) is 16.6 Å². The normalized spacial score (nSPS) is 9.71. The van der Waals surface area contributed by atoms with Crippen molar-refractivity contribution < 1.29 is 9.90 Å². The summed E-state index contributed by atoms with van der Waals surface area (Å²) in [6.07, 6.45) is 5.06. The van der Waals surface area contributed by atoms with Crippen molar-refractivity contribution >= 4 is 11.6 Å². The lowest BCUT2D eigenvalue weighted by atomic mass is 10.1. The molecule has 4 nitrogen and oxygen atoms in total. The topological polar surface area (TPSA) is 61.4 Å². The van der Waals surface area contributed by atoms with Gasteiger partial charge in [0.15, 0.2) is 0 Å². The molecular weight excluding hydrogens is 216 g/mol. The fourth-order valence-electron chi connectivity index (χ4n) is 1.38. The predicted molar refractivity (Wildman–Crippen MR) is 67.9 cm³/mol. The molecule has 1 aromatic rings. The molecule has 1 rings (SSSR count). The van der Waals surface area contributed by atoms with Gasteiger partial charge in [0.1, 0.15) is 5.75 Å². The van der Waals surface area contributed by atoms with E-state index in [0.29, 0.717) is 12.2 Å². The molecule has 0 radical (unpaired) electrons. The van der Waals surface area contributed by atoms with E-state index in [-0.39, 0.29) is 18.2 Å². The lowest BCUT2D eigenvalue weighted by molar-refractivity contribution is -0.115. The highest BCUT2D eigenvalue weighted by atomic mass is 16.3. The number of nitrogens with one attached hydrogen (secondary N) is 2. The number of benzene rings is 1. The van der Waals surface area contributed by atoms with Gasteiger partial charge in [-0.15, -0.1) is 6.42 Å². The van der Waals surface area contributed by atoms with Crippen LogP contribution in [0.4, 0.5) is 5.69 Å². The molecule has 0 aliphatic heterocycles. The number of carbonyl (C=O) groups is 1. The van der Waals surface area contributed by atoms with Gasteiger partial charge in [0.05, 0.1) is 13.1 Å². The number of hydrogen-bond acceptors (Lipinski definition) is 3. The van der Waals surface area contributed by atoms with Gasteiger partial charge in [-0.05, 0) is 37.1 Å². The number of phenols is 1. The quantitative estimate of drug-likeness (QED) is 0.415. The zero-order valence-corrected chi connectivity index (χ0v) is 10.0. The first-order valence-corrected chi connectivity index (χ1v) is 5.29. The van der Waals surface area contributed by atoms with Gasteiger partial charge in [0, 0.05) is 5.69 Å². The molecule has 0 aliphatic carbocycles. The summed E-state index contributed by atoms with van der Waals surface area (Å²) >= 11 is 0. The lowest BCUT2D eigenvalue weighted by Gasteiger charge is -2.10. The Balaban J connectivity index is 2.66. The van der Waals surface area contributed by atoms with Crippen LogP contribution in [0.25, 0.3) is 0 Å². The van der Waals surface area contributed by atoms with Crippen molar-refractivity contribution in [2.24, 2.45) is 0 Å². The summed E-state index contributed by atoms with van der Waals surface area (Å²) in [7, 11) is 0. The molecule has 90 valence electrons. The molecule has 4 heteroatoms. The number of aromatic hydroxyl groups is 1. The van der Waals surface area contributed by atoms with Crippen molar-refractivity contribution in [1.29, 1.82) is 0 Å². The first-order valence-electron chi connectivity index (χ1n) is 5.29. The molecule has 0 saturated heterocycles. The van der Waals surface area contributed by atoms with Crippen molar-refractivity contribution in [2.45, 2.75) is 13.8 Å². The van der Waals surface area contributed by atoms with E-state index < -0.39 is 0 Å². The zero-order valence-electron chi connectivity index (χ0n) is 10.0. The third-order valence-corrected chi connectivity index (χ3v) is 2.33. The molecule has 0 aromatic heterocycles. The first-order chi connectivity index (χ1) is 8.04. The second kappa shape index (κ2) is 5.92. The van der Waals surface area contributed by atoms with Crippen LogP contribution in [-0.2, 0) is 4.79 Å². The largest absolute Gasteiger partial charge is 0.508 e. The maximum atomic E-state index is 11.5. The maximum Gasteiger partial charge on any atom is 0.238 e. The van der Waals surface area contributed by atoms with Gasteiger partial charge >= 0.3 is 0 Å². The van der Waals surface area contributed by atoms with Crippen LogP contribution in [0.3, 0.4) is 0 Å². The van der Waals surface area contributed by atoms with Crippen LogP contribution in [0.1, 0.15) is 11.1 Å². The molecule has 0 aliphatic rings. The Labute approximate surface area is 101 Å². The van der Waals surface area contributed by atoms with Crippen LogP contribution >= 0.6 is 0 Å². The highest BCUT2D eigenvalue weighted by Crippen LogP contribution is 2.24. The van der Waals surface area contributed by atoms with Crippen LogP contribution in [0.15, 0.2) is 12.1 Å². The summed E-state index contributed by atoms with van der Waals surface area (Å²) in [5.74, 6) is 2.46. The fraction of sp³-hybridized carbons (Fsp3) is 0.308. The average Bonchev–Trinajstić information content (AvgIpc) is 2.26. The second-order valence-corrected chi connectivity index (χ2v) is 3.81. The Morgan fingerprint density at radius 1 is 1.41 bits per heavy atom. The number of carbonyl (C=O) groups excluding carboxylic acids is 1. The van der Waals surface area contributed by atoms with Crippen LogP contribution in [-0.4, -0.2) is 24.1 Å². The Bertz CT molecular complexity index is 461. The minimum absolute atomic E-state index is 0.159. The maximum absolute atomic E-state index is 11.5. The van der Waals surface area contributed by atoms with Crippen LogP contribution in [0.5, 0.6) is 5.75 Å². The van der Waals surface area contributed by atoms with Gasteiger partial charge in [-0.3, -0.25) is 10.1 Å². The third-order valence-electron chi connectivity index (χ3n) is 2.33. The van der Waals surface area contributed by atoms with E-state index in [0.717, 1.165) is 11.1 Å². The van der Waals surface area contributed by atoms with Crippen molar-refractivity contribution in [1.82, 2.24) is 5.32 Å². The Morgan fingerprint density at radius 2 is 2.12 bits per heavy atom. The monoisotopic (exact) mass is 232 g/mol. The molecule has 0 atom stereocenters. The van der Waals surface area contributed by atoms with Gasteiger partial charge in [-0.1, -0.05) is 5.92 Å². The minimum atomic E-state index is -0.159. The molecule has 0 saturated carbocycles. The predicted octanol–water partition coefficient (Wildman–Crippen LogP) is 1.17. The summed E-state index contributed by atoms with van der Waals surface area (Å²) in [5, 5.41) is 15.0.